The average molecular weight is 345 g/mol. The van der Waals surface area contributed by atoms with Crippen LogP contribution in [0.1, 0.15) is 39.2 Å². The van der Waals surface area contributed by atoms with Crippen LogP contribution in [0, 0.1) is 12.7 Å². The lowest BCUT2D eigenvalue weighted by Crippen LogP contribution is -2.48. The van der Waals surface area contributed by atoms with Crippen LogP contribution in [0.3, 0.4) is 0 Å². The Kier molecular flexibility index (Phi) is 3.93. The molecule has 2 aliphatic rings. The Morgan fingerprint density at radius 3 is 2.83 bits per heavy atom. The third-order valence-electron chi connectivity index (χ3n) is 5.21. The molecule has 0 radical (unpaired) electrons. The molecular weight excluding hydrogens is 325 g/mol. The van der Waals surface area contributed by atoms with Crippen molar-refractivity contribution < 1.29 is 13.9 Å². The van der Waals surface area contributed by atoms with E-state index in [0.29, 0.717) is 24.2 Å². The SMILES string of the molecule is Cc1cc(C(=O)N2CCC3(CC2)OCCc2sccc23)ccc1F. The molecule has 1 spiro atoms. The number of ether oxygens (including phenoxy) is 1. The van der Waals surface area contributed by atoms with E-state index in [-0.39, 0.29) is 17.3 Å². The molecule has 1 saturated heterocycles. The van der Waals surface area contributed by atoms with Crippen molar-refractivity contribution in [2.45, 2.75) is 31.8 Å². The van der Waals surface area contributed by atoms with E-state index in [0.717, 1.165) is 25.9 Å². The number of piperidine rings is 1. The van der Waals surface area contributed by atoms with Gasteiger partial charge in [-0.25, -0.2) is 4.39 Å². The molecule has 1 aromatic heterocycles. The summed E-state index contributed by atoms with van der Waals surface area (Å²) in [6.07, 6.45) is 2.64. The van der Waals surface area contributed by atoms with Crippen LogP contribution in [0.25, 0.3) is 0 Å². The first-order valence-corrected chi connectivity index (χ1v) is 9.23. The number of rotatable bonds is 1. The van der Waals surface area contributed by atoms with Crippen LogP contribution in [0.15, 0.2) is 29.6 Å². The third-order valence-corrected chi connectivity index (χ3v) is 6.19. The maximum Gasteiger partial charge on any atom is 0.253 e. The number of amides is 1. The zero-order chi connectivity index (χ0) is 16.7. The summed E-state index contributed by atoms with van der Waals surface area (Å²) in [6.45, 7) is 3.79. The van der Waals surface area contributed by atoms with E-state index in [1.165, 1.54) is 16.5 Å². The van der Waals surface area contributed by atoms with Crippen LogP contribution in [0.2, 0.25) is 0 Å². The standard InChI is InChI=1S/C19H20FNO2S/c1-13-12-14(2-3-16(13)20)18(22)21-8-6-19(7-9-21)15-5-11-24-17(15)4-10-23-19/h2-3,5,11-12H,4,6-10H2,1H3. The predicted octanol–water partition coefficient (Wildman–Crippen LogP) is 3.90. The Hall–Kier alpha value is -1.72. The molecule has 2 aromatic rings. The molecule has 4 rings (SSSR count). The van der Waals surface area contributed by atoms with Gasteiger partial charge in [0.1, 0.15) is 5.82 Å². The van der Waals surface area contributed by atoms with Gasteiger partial charge in [-0.05, 0) is 60.5 Å². The van der Waals surface area contributed by atoms with Crippen molar-refractivity contribution >= 4 is 17.2 Å². The molecule has 126 valence electrons. The van der Waals surface area contributed by atoms with Crippen molar-refractivity contribution in [2.24, 2.45) is 0 Å². The van der Waals surface area contributed by atoms with Crippen LogP contribution >= 0.6 is 11.3 Å². The lowest BCUT2D eigenvalue weighted by molar-refractivity contribution is -0.0926. The highest BCUT2D eigenvalue weighted by molar-refractivity contribution is 7.10. The zero-order valence-electron chi connectivity index (χ0n) is 13.7. The maximum atomic E-state index is 13.4. The summed E-state index contributed by atoms with van der Waals surface area (Å²) in [5, 5.41) is 2.14. The molecule has 1 fully saturated rings. The highest BCUT2D eigenvalue weighted by atomic mass is 32.1. The summed E-state index contributed by atoms with van der Waals surface area (Å²) in [5.41, 5.74) is 2.17. The number of hydrogen-bond acceptors (Lipinski definition) is 3. The molecule has 3 nitrogen and oxygen atoms in total. The fourth-order valence-electron chi connectivity index (χ4n) is 3.80. The lowest BCUT2D eigenvalue weighted by atomic mass is 9.82. The minimum absolute atomic E-state index is 0.0192. The van der Waals surface area contributed by atoms with Gasteiger partial charge in [-0.1, -0.05) is 0 Å². The summed E-state index contributed by atoms with van der Waals surface area (Å²) >= 11 is 1.80. The molecule has 0 atom stereocenters. The Labute approximate surface area is 145 Å². The number of likely N-dealkylation sites (tertiary alicyclic amines) is 1. The number of nitrogens with zero attached hydrogens (tertiary/aromatic N) is 1. The largest absolute Gasteiger partial charge is 0.370 e. The highest BCUT2D eigenvalue weighted by Gasteiger charge is 2.42. The number of carbonyl (C=O) groups excluding carboxylic acids is 1. The average Bonchev–Trinajstić information content (AvgIpc) is 3.08. The van der Waals surface area contributed by atoms with E-state index < -0.39 is 0 Å². The highest BCUT2D eigenvalue weighted by Crippen LogP contribution is 2.43. The number of thiophene rings is 1. The number of fused-ring (bicyclic) bond motifs is 2. The molecule has 0 saturated carbocycles. The van der Waals surface area contributed by atoms with Gasteiger partial charge in [0.15, 0.2) is 0 Å². The molecule has 1 aromatic carbocycles. The molecule has 1 amide bonds. The summed E-state index contributed by atoms with van der Waals surface area (Å²) < 4.78 is 19.6. The van der Waals surface area contributed by atoms with Gasteiger partial charge in [0.2, 0.25) is 0 Å². The Morgan fingerprint density at radius 1 is 1.29 bits per heavy atom. The minimum atomic E-state index is -0.273. The van der Waals surface area contributed by atoms with E-state index in [1.54, 1.807) is 30.4 Å². The van der Waals surface area contributed by atoms with Gasteiger partial charge in [0, 0.05) is 30.0 Å². The van der Waals surface area contributed by atoms with E-state index in [9.17, 15) is 9.18 Å². The van der Waals surface area contributed by atoms with Crippen molar-refractivity contribution in [1.29, 1.82) is 0 Å². The van der Waals surface area contributed by atoms with Crippen molar-refractivity contribution in [3.05, 3.63) is 57.0 Å². The van der Waals surface area contributed by atoms with Crippen LogP contribution in [-0.4, -0.2) is 30.5 Å². The lowest BCUT2D eigenvalue weighted by Gasteiger charge is -2.44. The van der Waals surface area contributed by atoms with Gasteiger partial charge >= 0.3 is 0 Å². The van der Waals surface area contributed by atoms with Gasteiger partial charge in [0.25, 0.3) is 5.91 Å². The Balaban J connectivity index is 1.51. The normalized spacial score (nSPS) is 19.3. The van der Waals surface area contributed by atoms with Crippen molar-refractivity contribution in [1.82, 2.24) is 4.90 Å². The molecule has 3 heterocycles. The van der Waals surface area contributed by atoms with Crippen molar-refractivity contribution in [3.8, 4) is 0 Å². The molecule has 0 unspecified atom stereocenters. The number of halogens is 1. The Bertz CT molecular complexity index is 777. The first kappa shape index (κ1) is 15.8. The van der Waals surface area contributed by atoms with Crippen LogP contribution in [0.4, 0.5) is 4.39 Å². The molecule has 0 bridgehead atoms. The molecule has 2 aliphatic heterocycles. The second-order valence-electron chi connectivity index (χ2n) is 6.61. The van der Waals surface area contributed by atoms with Crippen molar-refractivity contribution in [2.75, 3.05) is 19.7 Å². The summed E-state index contributed by atoms with van der Waals surface area (Å²) in [4.78, 5) is 16.0. The van der Waals surface area contributed by atoms with E-state index in [4.69, 9.17) is 4.74 Å². The monoisotopic (exact) mass is 345 g/mol. The predicted molar refractivity (Wildman–Crippen MR) is 91.9 cm³/mol. The topological polar surface area (TPSA) is 29.5 Å². The number of aryl methyl sites for hydroxylation is 1. The molecule has 5 heteroatoms. The second-order valence-corrected chi connectivity index (χ2v) is 7.61. The summed E-state index contributed by atoms with van der Waals surface area (Å²) in [5.74, 6) is -0.293. The third kappa shape index (κ3) is 2.56. The molecular formula is C19H20FNO2S. The quantitative estimate of drug-likeness (QED) is 0.784. The van der Waals surface area contributed by atoms with Crippen LogP contribution in [0.5, 0.6) is 0 Å². The van der Waals surface area contributed by atoms with Gasteiger partial charge in [-0.2, -0.15) is 0 Å². The molecule has 0 aliphatic carbocycles. The fourth-order valence-corrected chi connectivity index (χ4v) is 4.75. The first-order valence-electron chi connectivity index (χ1n) is 8.35. The van der Waals surface area contributed by atoms with E-state index >= 15 is 0 Å². The Morgan fingerprint density at radius 2 is 2.08 bits per heavy atom. The summed E-state index contributed by atoms with van der Waals surface area (Å²) in [7, 11) is 0. The van der Waals surface area contributed by atoms with Gasteiger partial charge in [-0.3, -0.25) is 4.79 Å². The number of carbonyl (C=O) groups is 1. The smallest absolute Gasteiger partial charge is 0.253 e. The minimum Gasteiger partial charge on any atom is -0.370 e. The summed E-state index contributed by atoms with van der Waals surface area (Å²) in [6, 6.07) is 6.76. The molecule has 24 heavy (non-hydrogen) atoms. The van der Waals surface area contributed by atoms with E-state index in [1.807, 2.05) is 4.90 Å². The second kappa shape index (κ2) is 5.97. The maximum absolute atomic E-state index is 13.4. The first-order chi connectivity index (χ1) is 11.6. The zero-order valence-corrected chi connectivity index (χ0v) is 14.5. The van der Waals surface area contributed by atoms with Gasteiger partial charge in [0.05, 0.1) is 12.2 Å². The number of hydrogen-bond donors (Lipinski definition) is 0. The van der Waals surface area contributed by atoms with Crippen LogP contribution < -0.4 is 0 Å². The van der Waals surface area contributed by atoms with Crippen LogP contribution in [-0.2, 0) is 16.8 Å². The van der Waals surface area contributed by atoms with Gasteiger partial charge < -0.3 is 9.64 Å². The van der Waals surface area contributed by atoms with E-state index in [2.05, 4.69) is 11.4 Å². The van der Waals surface area contributed by atoms with Crippen molar-refractivity contribution in [3.63, 3.8) is 0 Å². The van der Waals surface area contributed by atoms with Gasteiger partial charge in [-0.15, -0.1) is 11.3 Å². The molecule has 0 N–H and O–H groups in total. The fraction of sp³-hybridized carbons (Fsp3) is 0.421. The number of benzene rings is 1.